The first kappa shape index (κ1) is 78.0. The van der Waals surface area contributed by atoms with Gasteiger partial charge in [0.05, 0.1) is 20.3 Å². The van der Waals surface area contributed by atoms with Crippen LogP contribution in [0.4, 0.5) is 0 Å². The Balaban J connectivity index is -0.000000208. The van der Waals surface area contributed by atoms with Crippen LogP contribution in [-0.2, 0) is 23.9 Å². The Morgan fingerprint density at radius 1 is 0.397 bits per heavy atom. The van der Waals surface area contributed by atoms with Crippen LogP contribution in [0.1, 0.15) is 300 Å². The van der Waals surface area contributed by atoms with Crippen LogP contribution in [0.15, 0.2) is 48.6 Å². The molecular weight excluding hydrogens is 850 g/mol. The quantitative estimate of drug-likeness (QED) is 0.0283. The normalized spacial score (nSPS) is 11.4. The van der Waals surface area contributed by atoms with E-state index in [1.165, 1.54) is 155 Å². The van der Waals surface area contributed by atoms with Crippen LogP contribution in [0, 0.1) is 0 Å². The second-order valence-electron chi connectivity index (χ2n) is 18.3. The third-order valence-electron chi connectivity index (χ3n) is 12.1. The van der Waals surface area contributed by atoms with Crippen molar-refractivity contribution in [1.82, 2.24) is 0 Å². The molecular formula is C60H115BNaO6. The molecule has 1 atom stereocenters. The fourth-order valence-electron chi connectivity index (χ4n) is 7.81. The molecule has 8 heteroatoms. The van der Waals surface area contributed by atoms with Gasteiger partial charge >= 0.3 is 41.5 Å². The zero-order chi connectivity index (χ0) is 47.1. The molecule has 3 radical (unpaired) electrons. The zero-order valence-electron chi connectivity index (χ0n) is 45.5. The molecule has 6 nitrogen and oxygen atoms in total. The van der Waals surface area contributed by atoms with E-state index in [4.69, 9.17) is 0 Å². The van der Waals surface area contributed by atoms with Crippen molar-refractivity contribution in [2.75, 3.05) is 14.2 Å². The molecule has 1 N–H and O–H groups in total. The number of methoxy groups -OCH3 is 2. The van der Waals surface area contributed by atoms with Crippen molar-refractivity contribution >= 4 is 26.1 Å². The predicted octanol–water partition coefficient (Wildman–Crippen LogP) is 15.9. The SMILES string of the molecule is C.C.CCCCC/C=C\C/C=C\CCCCCCCCCC(=O)CCCCCCCC(=O)OC.CCCCC/C=C\C/C=C\CCCCCCCCCC(O)CCCCCCCC(=O)OC.[B].[H-].[Na+]. The van der Waals surface area contributed by atoms with Crippen molar-refractivity contribution in [2.24, 2.45) is 0 Å². The molecule has 0 amide bonds. The van der Waals surface area contributed by atoms with E-state index in [0.717, 1.165) is 116 Å². The van der Waals surface area contributed by atoms with E-state index in [2.05, 4.69) is 71.9 Å². The average Bonchev–Trinajstić information content (AvgIpc) is 3.30. The fourth-order valence-corrected chi connectivity index (χ4v) is 7.81. The molecule has 0 heterocycles. The number of carbonyl (C=O) groups excluding carboxylic acids is 3. The molecule has 0 aliphatic heterocycles. The van der Waals surface area contributed by atoms with E-state index in [1.54, 1.807) is 0 Å². The number of hydrogen-bond acceptors (Lipinski definition) is 6. The van der Waals surface area contributed by atoms with Gasteiger partial charge in [0.2, 0.25) is 0 Å². The van der Waals surface area contributed by atoms with Gasteiger partial charge in [0.1, 0.15) is 5.78 Å². The summed E-state index contributed by atoms with van der Waals surface area (Å²) in [6, 6.07) is 0. The molecule has 0 aliphatic carbocycles. The Hall–Kier alpha value is -1.41. The first-order chi connectivity index (χ1) is 31.4. The molecule has 0 aromatic rings. The van der Waals surface area contributed by atoms with Crippen LogP contribution in [0.25, 0.3) is 0 Å². The Morgan fingerprint density at radius 2 is 0.647 bits per heavy atom. The third-order valence-corrected chi connectivity index (χ3v) is 12.1. The van der Waals surface area contributed by atoms with Crippen molar-refractivity contribution in [3.63, 3.8) is 0 Å². The summed E-state index contributed by atoms with van der Waals surface area (Å²) in [5.74, 6) is 0.205. The molecule has 0 saturated carbocycles. The van der Waals surface area contributed by atoms with E-state index in [1.807, 2.05) is 0 Å². The van der Waals surface area contributed by atoms with Gasteiger partial charge in [-0.15, -0.1) is 0 Å². The maximum atomic E-state index is 11.9. The average molecular weight is 966 g/mol. The summed E-state index contributed by atoms with van der Waals surface area (Å²) in [6.45, 7) is 4.50. The van der Waals surface area contributed by atoms with Crippen molar-refractivity contribution in [1.29, 1.82) is 0 Å². The van der Waals surface area contributed by atoms with Crippen molar-refractivity contribution in [2.45, 2.75) is 304 Å². The number of rotatable bonds is 48. The van der Waals surface area contributed by atoms with Gasteiger partial charge in [0, 0.05) is 34.1 Å². The van der Waals surface area contributed by atoms with E-state index in [0.29, 0.717) is 18.6 Å². The number of Topliss-reactive ketones (excluding diaryl/α,β-unsaturated/α-hetero) is 1. The van der Waals surface area contributed by atoms with Gasteiger partial charge in [-0.25, -0.2) is 0 Å². The Bertz CT molecular complexity index is 1110. The van der Waals surface area contributed by atoms with Gasteiger partial charge in [-0.05, 0) is 103 Å². The maximum absolute atomic E-state index is 11.9. The summed E-state index contributed by atoms with van der Waals surface area (Å²) in [4.78, 5) is 34.0. The molecule has 1 unspecified atom stereocenters. The molecule has 0 saturated heterocycles. The number of esters is 2. The van der Waals surface area contributed by atoms with Crippen LogP contribution >= 0.6 is 0 Å². The second kappa shape index (κ2) is 69.9. The maximum Gasteiger partial charge on any atom is 1.00 e. The molecule has 0 spiro atoms. The second-order valence-corrected chi connectivity index (χ2v) is 18.3. The summed E-state index contributed by atoms with van der Waals surface area (Å²) in [7, 11) is 2.88. The zero-order valence-corrected chi connectivity index (χ0v) is 46.5. The van der Waals surface area contributed by atoms with E-state index < -0.39 is 0 Å². The molecule has 0 rings (SSSR count). The van der Waals surface area contributed by atoms with Crippen LogP contribution in [0.3, 0.4) is 0 Å². The van der Waals surface area contributed by atoms with Crippen molar-refractivity contribution in [3.05, 3.63) is 48.6 Å². The predicted molar refractivity (Wildman–Crippen MR) is 297 cm³/mol. The minimum Gasteiger partial charge on any atom is -1.00 e. The molecule has 0 aliphatic rings. The summed E-state index contributed by atoms with van der Waals surface area (Å²) in [5, 5.41) is 10.1. The van der Waals surface area contributed by atoms with Crippen LogP contribution in [0.2, 0.25) is 0 Å². The van der Waals surface area contributed by atoms with Gasteiger partial charge in [0.15, 0.2) is 0 Å². The first-order valence-electron chi connectivity index (χ1n) is 27.3. The summed E-state index contributed by atoms with van der Waals surface area (Å²) in [5.41, 5.74) is 0. The number of ether oxygens (including phenoxy) is 2. The smallest absolute Gasteiger partial charge is 1.00 e. The molecule has 0 aromatic carbocycles. The molecule has 0 bridgehead atoms. The number of unbranched alkanes of at least 4 members (excludes halogenated alkanes) is 28. The number of carbonyl (C=O) groups is 3. The van der Waals surface area contributed by atoms with E-state index >= 15 is 0 Å². The molecule has 68 heavy (non-hydrogen) atoms. The number of aliphatic hydroxyl groups is 1. The standard InChI is InChI=1S/C29H54O3.C29H52O3.2CH4.B.Na.H/c2*1-3-4-5-6-7-8-9-10-11-12-13-14-15-16-17-19-22-25-28(30)26-23-20-18-21-24-27-29(31)32-2;;;;;/h7-8,10-11,28,30H,3-6,9,12-27H2,1-2H3;7-8,10-11H,3-6,9,12-27H2,1-2H3;2*1H4;;;/q;;;;;+1;-1/b2*8-7-,11-10-;;;;;. The van der Waals surface area contributed by atoms with Gasteiger partial charge in [-0.2, -0.15) is 0 Å². The third kappa shape index (κ3) is 71.1. The van der Waals surface area contributed by atoms with E-state index in [-0.39, 0.29) is 72.3 Å². The minimum absolute atomic E-state index is 0. The van der Waals surface area contributed by atoms with Gasteiger partial charge in [0.25, 0.3) is 0 Å². The van der Waals surface area contributed by atoms with Crippen LogP contribution in [0.5, 0.6) is 0 Å². The van der Waals surface area contributed by atoms with Crippen LogP contribution < -0.4 is 29.6 Å². The van der Waals surface area contributed by atoms with Crippen molar-refractivity contribution in [3.8, 4) is 0 Å². The van der Waals surface area contributed by atoms with Crippen molar-refractivity contribution < 1.29 is 59.9 Å². The Morgan fingerprint density at radius 3 is 0.941 bits per heavy atom. The number of aliphatic hydroxyl groups excluding tert-OH is 1. The largest absolute Gasteiger partial charge is 1.00 e. The van der Waals surface area contributed by atoms with E-state index in [9.17, 15) is 19.5 Å². The molecule has 0 aromatic heterocycles. The number of allylic oxidation sites excluding steroid dienone is 8. The Labute approximate surface area is 450 Å². The van der Waals surface area contributed by atoms with Gasteiger partial charge in [-0.3, -0.25) is 14.4 Å². The number of ketones is 1. The summed E-state index contributed by atoms with van der Waals surface area (Å²) in [6.07, 6.45) is 66.4. The van der Waals surface area contributed by atoms with Gasteiger partial charge in [-0.1, -0.05) is 219 Å². The molecule has 395 valence electrons. The fraction of sp³-hybridized carbons (Fsp3) is 0.817. The van der Waals surface area contributed by atoms with Gasteiger partial charge < -0.3 is 16.0 Å². The van der Waals surface area contributed by atoms with Crippen LogP contribution in [-0.4, -0.2) is 51.6 Å². The summed E-state index contributed by atoms with van der Waals surface area (Å²) < 4.78 is 9.27. The number of hydrogen-bond donors (Lipinski definition) is 1. The molecule has 0 fully saturated rings. The minimum atomic E-state index is -0.122. The monoisotopic (exact) mass is 966 g/mol. The first-order valence-corrected chi connectivity index (χ1v) is 27.3. The summed E-state index contributed by atoms with van der Waals surface area (Å²) >= 11 is 0. The topological polar surface area (TPSA) is 89.9 Å². The Kier molecular flexibility index (Phi) is 80.2.